The van der Waals surface area contributed by atoms with Crippen LogP contribution < -0.4 is 16.0 Å². The second-order valence-electron chi connectivity index (χ2n) is 7.00. The molecule has 0 spiro atoms. The van der Waals surface area contributed by atoms with Crippen molar-refractivity contribution in [1.82, 2.24) is 16.0 Å². The Labute approximate surface area is 159 Å². The average Bonchev–Trinajstić information content (AvgIpc) is 2.51. The number of carbonyl (C=O) groups excluding carboxylic acids is 1. The van der Waals surface area contributed by atoms with Crippen LogP contribution in [0.15, 0.2) is 23.2 Å². The van der Waals surface area contributed by atoms with Crippen LogP contribution in [-0.4, -0.2) is 43.8 Å². The maximum absolute atomic E-state index is 13.2. The molecule has 3 N–H and O–H groups in total. The van der Waals surface area contributed by atoms with Gasteiger partial charge in [-0.1, -0.05) is 0 Å². The van der Waals surface area contributed by atoms with E-state index in [1.165, 1.54) is 12.1 Å². The van der Waals surface area contributed by atoms with Gasteiger partial charge in [0.25, 0.3) is 0 Å². The van der Waals surface area contributed by atoms with Gasteiger partial charge in [0.1, 0.15) is 17.2 Å². The van der Waals surface area contributed by atoms with Gasteiger partial charge >= 0.3 is 6.09 Å². The molecule has 0 aliphatic rings. The number of alkyl carbamates (subject to hydrolysis) is 1. The molecule has 0 unspecified atom stereocenters. The molecule has 152 valence electrons. The molecule has 1 rings (SSSR count). The van der Waals surface area contributed by atoms with Crippen molar-refractivity contribution in [2.24, 2.45) is 4.99 Å². The summed E-state index contributed by atoms with van der Waals surface area (Å²) in [6, 6.07) is 3.49. The second kappa shape index (κ2) is 11.4. The Bertz CT molecular complexity index is 610. The lowest BCUT2D eigenvalue weighted by Crippen LogP contribution is -2.38. The van der Waals surface area contributed by atoms with Crippen molar-refractivity contribution >= 4 is 12.1 Å². The first kappa shape index (κ1) is 22.7. The zero-order valence-electron chi connectivity index (χ0n) is 16.5. The summed E-state index contributed by atoms with van der Waals surface area (Å²) in [4.78, 5) is 15.9. The van der Waals surface area contributed by atoms with Gasteiger partial charge in [-0.15, -0.1) is 0 Å². The summed E-state index contributed by atoms with van der Waals surface area (Å²) in [6.45, 7) is 9.53. The Morgan fingerprint density at radius 2 is 1.74 bits per heavy atom. The number of hydrogen-bond donors (Lipinski definition) is 3. The van der Waals surface area contributed by atoms with Gasteiger partial charge in [-0.05, 0) is 58.2 Å². The van der Waals surface area contributed by atoms with Crippen LogP contribution in [0.5, 0.6) is 0 Å². The highest BCUT2D eigenvalue weighted by Crippen LogP contribution is 2.08. The number of carbonyl (C=O) groups is 1. The first-order chi connectivity index (χ1) is 12.7. The van der Waals surface area contributed by atoms with Crippen LogP contribution in [-0.2, 0) is 11.2 Å². The Kier molecular flexibility index (Phi) is 9.53. The molecule has 1 aromatic carbocycles. The van der Waals surface area contributed by atoms with E-state index in [2.05, 4.69) is 20.9 Å². The van der Waals surface area contributed by atoms with Crippen molar-refractivity contribution in [3.8, 4) is 0 Å². The molecular weight excluding hydrogens is 354 g/mol. The number of ether oxygens (including phenoxy) is 1. The minimum absolute atomic E-state index is 0.446. The molecule has 0 radical (unpaired) electrons. The van der Waals surface area contributed by atoms with Gasteiger partial charge in [0.05, 0.1) is 0 Å². The number of amides is 1. The third-order valence-corrected chi connectivity index (χ3v) is 3.25. The molecule has 0 heterocycles. The first-order valence-corrected chi connectivity index (χ1v) is 9.13. The summed E-state index contributed by atoms with van der Waals surface area (Å²) in [6.07, 6.45) is 0.684. The number of benzene rings is 1. The summed E-state index contributed by atoms with van der Waals surface area (Å²) in [5.41, 5.74) is 0.0620. The van der Waals surface area contributed by atoms with Gasteiger partial charge in [-0.3, -0.25) is 4.99 Å². The lowest BCUT2D eigenvalue weighted by atomic mass is 10.1. The van der Waals surface area contributed by atoms with Crippen LogP contribution in [0, 0.1) is 11.6 Å². The first-order valence-electron chi connectivity index (χ1n) is 9.13. The monoisotopic (exact) mass is 384 g/mol. The van der Waals surface area contributed by atoms with Crippen molar-refractivity contribution in [2.45, 2.75) is 46.1 Å². The average molecular weight is 384 g/mol. The molecule has 0 saturated carbocycles. The van der Waals surface area contributed by atoms with E-state index in [1.807, 2.05) is 27.7 Å². The van der Waals surface area contributed by atoms with Crippen molar-refractivity contribution in [1.29, 1.82) is 0 Å². The van der Waals surface area contributed by atoms with E-state index in [0.29, 0.717) is 50.5 Å². The summed E-state index contributed by atoms with van der Waals surface area (Å²) in [5.74, 6) is -0.544. The van der Waals surface area contributed by atoms with Crippen LogP contribution in [0.4, 0.5) is 13.6 Å². The molecule has 6 nitrogen and oxygen atoms in total. The molecule has 0 aromatic heterocycles. The molecule has 0 aliphatic carbocycles. The highest BCUT2D eigenvalue weighted by Gasteiger charge is 2.15. The molecule has 0 fully saturated rings. The fraction of sp³-hybridized carbons (Fsp3) is 0.579. The van der Waals surface area contributed by atoms with E-state index in [1.54, 1.807) is 0 Å². The second-order valence-corrected chi connectivity index (χ2v) is 7.00. The third-order valence-electron chi connectivity index (χ3n) is 3.25. The van der Waals surface area contributed by atoms with Crippen molar-refractivity contribution < 1.29 is 18.3 Å². The fourth-order valence-corrected chi connectivity index (χ4v) is 2.20. The number of halogens is 2. The molecule has 1 amide bonds. The van der Waals surface area contributed by atoms with Crippen LogP contribution in [0.1, 0.15) is 39.7 Å². The van der Waals surface area contributed by atoms with Gasteiger partial charge in [-0.2, -0.15) is 0 Å². The lowest BCUT2D eigenvalue weighted by Gasteiger charge is -2.19. The quantitative estimate of drug-likeness (QED) is 0.366. The van der Waals surface area contributed by atoms with Crippen LogP contribution in [0.25, 0.3) is 0 Å². The maximum atomic E-state index is 13.2. The maximum Gasteiger partial charge on any atom is 0.407 e. The molecule has 27 heavy (non-hydrogen) atoms. The largest absolute Gasteiger partial charge is 0.444 e. The van der Waals surface area contributed by atoms with E-state index in [4.69, 9.17) is 4.74 Å². The summed E-state index contributed by atoms with van der Waals surface area (Å²) in [7, 11) is 0. The van der Waals surface area contributed by atoms with Crippen LogP contribution in [0.2, 0.25) is 0 Å². The number of nitrogens with one attached hydrogen (secondary N) is 3. The summed E-state index contributed by atoms with van der Waals surface area (Å²) < 4.78 is 31.5. The molecule has 8 heteroatoms. The van der Waals surface area contributed by atoms with E-state index >= 15 is 0 Å². The smallest absolute Gasteiger partial charge is 0.407 e. The van der Waals surface area contributed by atoms with E-state index < -0.39 is 23.3 Å². The predicted molar refractivity (Wildman–Crippen MR) is 103 cm³/mol. The standard InChI is InChI=1S/C19H30F2N4O2/c1-5-22-17(23-8-6-9-25-18(26)27-19(2,3)4)24-10-7-14-11-15(20)13-16(21)12-14/h11-13H,5-10H2,1-4H3,(H,25,26)(H2,22,23,24). The molecule has 0 bridgehead atoms. The zero-order chi connectivity index (χ0) is 20.3. The fourth-order valence-electron chi connectivity index (χ4n) is 2.20. The van der Waals surface area contributed by atoms with Crippen molar-refractivity contribution in [2.75, 3.05) is 26.2 Å². The van der Waals surface area contributed by atoms with Gasteiger partial charge in [-0.25, -0.2) is 13.6 Å². The molecule has 0 aliphatic heterocycles. The van der Waals surface area contributed by atoms with E-state index in [-0.39, 0.29) is 0 Å². The zero-order valence-corrected chi connectivity index (χ0v) is 16.5. The van der Waals surface area contributed by atoms with Crippen molar-refractivity contribution in [3.05, 3.63) is 35.4 Å². The predicted octanol–water partition coefficient (Wildman–Crippen LogP) is 2.98. The molecule has 0 saturated heterocycles. The van der Waals surface area contributed by atoms with Gasteiger partial charge in [0, 0.05) is 32.2 Å². The molecular formula is C19H30F2N4O2. The Balaban J connectivity index is 2.34. The number of nitrogens with zero attached hydrogens (tertiary/aromatic N) is 1. The summed E-state index contributed by atoms with van der Waals surface area (Å²) in [5, 5.41) is 8.90. The number of guanidine groups is 1. The Morgan fingerprint density at radius 3 is 2.33 bits per heavy atom. The topological polar surface area (TPSA) is 74.8 Å². The minimum atomic E-state index is -0.580. The van der Waals surface area contributed by atoms with Gasteiger partial charge in [0.15, 0.2) is 5.96 Å². The van der Waals surface area contributed by atoms with Crippen molar-refractivity contribution in [3.63, 3.8) is 0 Å². The Hall–Kier alpha value is -2.38. The molecule has 0 atom stereocenters. The SMILES string of the molecule is CCNC(=NCCCNC(=O)OC(C)(C)C)NCCc1cc(F)cc(F)c1. The normalized spacial score (nSPS) is 11.9. The minimum Gasteiger partial charge on any atom is -0.444 e. The van der Waals surface area contributed by atoms with E-state index in [0.717, 1.165) is 6.07 Å². The van der Waals surface area contributed by atoms with Crippen LogP contribution in [0.3, 0.4) is 0 Å². The highest BCUT2D eigenvalue weighted by atomic mass is 19.1. The van der Waals surface area contributed by atoms with E-state index in [9.17, 15) is 13.6 Å². The third kappa shape index (κ3) is 11.0. The number of aliphatic imine (C=N–C) groups is 1. The van der Waals surface area contributed by atoms with Gasteiger partial charge in [0.2, 0.25) is 0 Å². The number of hydrogen-bond acceptors (Lipinski definition) is 3. The highest BCUT2D eigenvalue weighted by molar-refractivity contribution is 5.79. The number of rotatable bonds is 8. The Morgan fingerprint density at radius 1 is 1.07 bits per heavy atom. The summed E-state index contributed by atoms with van der Waals surface area (Å²) >= 11 is 0. The molecule has 1 aromatic rings. The van der Waals surface area contributed by atoms with Gasteiger partial charge < -0.3 is 20.7 Å². The lowest BCUT2D eigenvalue weighted by molar-refractivity contribution is 0.0527. The van der Waals surface area contributed by atoms with Crippen LogP contribution >= 0.6 is 0 Å².